The summed E-state index contributed by atoms with van der Waals surface area (Å²) in [6.45, 7) is 2.79. The molecule has 1 atom stereocenters. The van der Waals surface area contributed by atoms with Crippen LogP contribution in [0, 0.1) is 0 Å². The molecule has 0 aliphatic rings. The molecular formula is C11H15N5O. The SMILES string of the molecule is CCn1nccc1C(N)c1cc(OC)ncn1. The van der Waals surface area contributed by atoms with Crippen LogP contribution in [0.1, 0.15) is 24.4 Å². The lowest BCUT2D eigenvalue weighted by molar-refractivity contribution is 0.395. The fraction of sp³-hybridized carbons (Fsp3) is 0.364. The smallest absolute Gasteiger partial charge is 0.216 e. The Morgan fingerprint density at radius 2 is 2.29 bits per heavy atom. The van der Waals surface area contributed by atoms with Crippen molar-refractivity contribution in [3.05, 3.63) is 36.0 Å². The molecule has 2 N–H and O–H groups in total. The van der Waals surface area contributed by atoms with Crippen LogP contribution in [-0.2, 0) is 6.54 Å². The first-order chi connectivity index (χ1) is 8.26. The lowest BCUT2D eigenvalue weighted by Gasteiger charge is -2.13. The van der Waals surface area contributed by atoms with Gasteiger partial charge in [-0.1, -0.05) is 0 Å². The number of rotatable bonds is 4. The summed E-state index contributed by atoms with van der Waals surface area (Å²) < 4.78 is 6.90. The molecule has 90 valence electrons. The Labute approximate surface area is 99.4 Å². The van der Waals surface area contributed by atoms with Crippen LogP contribution in [0.3, 0.4) is 0 Å². The number of hydrogen-bond acceptors (Lipinski definition) is 5. The van der Waals surface area contributed by atoms with Gasteiger partial charge in [0.1, 0.15) is 6.33 Å². The highest BCUT2D eigenvalue weighted by molar-refractivity contribution is 5.24. The number of ether oxygens (including phenoxy) is 1. The molecule has 0 fully saturated rings. The lowest BCUT2D eigenvalue weighted by atomic mass is 10.1. The minimum Gasteiger partial charge on any atom is -0.481 e. The third-order valence-electron chi connectivity index (χ3n) is 2.56. The van der Waals surface area contributed by atoms with Crippen molar-refractivity contribution < 1.29 is 4.74 Å². The van der Waals surface area contributed by atoms with Crippen LogP contribution in [0.2, 0.25) is 0 Å². The minimum atomic E-state index is -0.325. The van der Waals surface area contributed by atoms with Gasteiger partial charge in [-0.05, 0) is 13.0 Å². The van der Waals surface area contributed by atoms with Crippen LogP contribution < -0.4 is 10.5 Å². The zero-order valence-corrected chi connectivity index (χ0v) is 9.87. The van der Waals surface area contributed by atoms with E-state index >= 15 is 0 Å². The second-order valence-electron chi connectivity index (χ2n) is 3.53. The normalized spacial score (nSPS) is 12.4. The van der Waals surface area contributed by atoms with Gasteiger partial charge in [-0.3, -0.25) is 4.68 Å². The number of hydrogen-bond donors (Lipinski definition) is 1. The van der Waals surface area contributed by atoms with Crippen LogP contribution in [0.4, 0.5) is 0 Å². The number of methoxy groups -OCH3 is 1. The highest BCUT2D eigenvalue weighted by Crippen LogP contribution is 2.19. The summed E-state index contributed by atoms with van der Waals surface area (Å²) in [5.74, 6) is 0.507. The van der Waals surface area contributed by atoms with Gasteiger partial charge >= 0.3 is 0 Å². The van der Waals surface area contributed by atoms with E-state index < -0.39 is 0 Å². The molecule has 0 aliphatic heterocycles. The van der Waals surface area contributed by atoms with Crippen molar-refractivity contribution in [2.45, 2.75) is 19.5 Å². The lowest BCUT2D eigenvalue weighted by Crippen LogP contribution is -2.18. The van der Waals surface area contributed by atoms with E-state index in [-0.39, 0.29) is 6.04 Å². The second-order valence-corrected chi connectivity index (χ2v) is 3.53. The van der Waals surface area contributed by atoms with E-state index in [9.17, 15) is 0 Å². The summed E-state index contributed by atoms with van der Waals surface area (Å²) in [5.41, 5.74) is 7.79. The highest BCUT2D eigenvalue weighted by atomic mass is 16.5. The van der Waals surface area contributed by atoms with E-state index in [2.05, 4.69) is 15.1 Å². The van der Waals surface area contributed by atoms with Crippen molar-refractivity contribution in [3.8, 4) is 5.88 Å². The predicted octanol–water partition coefficient (Wildman–Crippen LogP) is 0.750. The molecule has 0 bridgehead atoms. The van der Waals surface area contributed by atoms with Gasteiger partial charge in [0, 0.05) is 18.8 Å². The molecule has 0 radical (unpaired) electrons. The molecule has 2 rings (SSSR count). The molecular weight excluding hydrogens is 218 g/mol. The highest BCUT2D eigenvalue weighted by Gasteiger charge is 2.15. The van der Waals surface area contributed by atoms with Crippen LogP contribution in [0.5, 0.6) is 5.88 Å². The molecule has 6 heteroatoms. The third-order valence-corrected chi connectivity index (χ3v) is 2.56. The van der Waals surface area contributed by atoms with E-state index in [1.54, 1.807) is 19.4 Å². The molecule has 2 aromatic heterocycles. The minimum absolute atomic E-state index is 0.325. The Kier molecular flexibility index (Phi) is 3.34. The first kappa shape index (κ1) is 11.5. The Morgan fingerprint density at radius 3 is 3.00 bits per heavy atom. The van der Waals surface area contributed by atoms with E-state index in [4.69, 9.17) is 10.5 Å². The summed E-state index contributed by atoms with van der Waals surface area (Å²) in [5, 5.41) is 4.19. The van der Waals surface area contributed by atoms with Gasteiger partial charge in [0.25, 0.3) is 0 Å². The van der Waals surface area contributed by atoms with Crippen molar-refractivity contribution in [1.29, 1.82) is 0 Å². The molecule has 0 aromatic carbocycles. The van der Waals surface area contributed by atoms with Gasteiger partial charge < -0.3 is 10.5 Å². The van der Waals surface area contributed by atoms with Gasteiger partial charge in [-0.2, -0.15) is 5.10 Å². The van der Waals surface area contributed by atoms with Crippen molar-refractivity contribution in [2.24, 2.45) is 5.73 Å². The van der Waals surface area contributed by atoms with Crippen molar-refractivity contribution in [2.75, 3.05) is 7.11 Å². The molecule has 2 heterocycles. The Bertz CT molecular complexity index is 496. The first-order valence-electron chi connectivity index (χ1n) is 5.39. The largest absolute Gasteiger partial charge is 0.481 e. The first-order valence-corrected chi connectivity index (χ1v) is 5.39. The third kappa shape index (κ3) is 2.26. The molecule has 0 aliphatic carbocycles. The molecule has 0 saturated heterocycles. The van der Waals surface area contributed by atoms with E-state index in [1.165, 1.54) is 6.33 Å². The van der Waals surface area contributed by atoms with Gasteiger partial charge in [-0.15, -0.1) is 0 Å². The summed E-state index contributed by atoms with van der Waals surface area (Å²) in [6.07, 6.45) is 3.18. The standard InChI is InChI=1S/C11H15N5O/c1-3-16-9(4-5-15-16)11(12)8-6-10(17-2)14-7-13-8/h4-7,11H,3,12H2,1-2H3. The van der Waals surface area contributed by atoms with Crippen LogP contribution in [-0.4, -0.2) is 26.9 Å². The molecule has 1 unspecified atom stereocenters. The molecule has 2 aromatic rings. The van der Waals surface area contributed by atoms with Gasteiger partial charge in [0.15, 0.2) is 0 Å². The number of nitrogens with two attached hydrogens (primary N) is 1. The maximum atomic E-state index is 6.15. The molecule has 0 saturated carbocycles. The molecule has 0 spiro atoms. The average Bonchev–Trinajstić information content (AvgIpc) is 2.86. The van der Waals surface area contributed by atoms with E-state index in [0.717, 1.165) is 12.2 Å². The van der Waals surface area contributed by atoms with Gasteiger partial charge in [0.05, 0.1) is 24.5 Å². The van der Waals surface area contributed by atoms with Gasteiger partial charge in [0.2, 0.25) is 5.88 Å². The zero-order chi connectivity index (χ0) is 12.3. The second kappa shape index (κ2) is 4.92. The fourth-order valence-electron chi connectivity index (χ4n) is 1.66. The van der Waals surface area contributed by atoms with Crippen molar-refractivity contribution in [1.82, 2.24) is 19.7 Å². The average molecular weight is 233 g/mol. The maximum Gasteiger partial charge on any atom is 0.216 e. The molecule has 0 amide bonds. The number of aryl methyl sites for hydroxylation is 1. The Morgan fingerprint density at radius 1 is 1.47 bits per heavy atom. The van der Waals surface area contributed by atoms with Crippen molar-refractivity contribution >= 4 is 0 Å². The maximum absolute atomic E-state index is 6.15. The quantitative estimate of drug-likeness (QED) is 0.843. The molecule has 17 heavy (non-hydrogen) atoms. The van der Waals surface area contributed by atoms with Crippen LogP contribution >= 0.6 is 0 Å². The summed E-state index contributed by atoms with van der Waals surface area (Å²) in [4.78, 5) is 8.11. The fourth-order valence-corrected chi connectivity index (χ4v) is 1.66. The summed E-state index contributed by atoms with van der Waals surface area (Å²) in [6, 6.07) is 3.30. The number of nitrogens with zero attached hydrogens (tertiary/aromatic N) is 4. The monoisotopic (exact) mass is 233 g/mol. The Hall–Kier alpha value is -1.95. The predicted molar refractivity (Wildman–Crippen MR) is 62.5 cm³/mol. The Balaban J connectivity index is 2.33. The van der Waals surface area contributed by atoms with E-state index in [0.29, 0.717) is 11.6 Å². The number of aromatic nitrogens is 4. The van der Waals surface area contributed by atoms with Gasteiger partial charge in [-0.25, -0.2) is 9.97 Å². The van der Waals surface area contributed by atoms with Crippen molar-refractivity contribution in [3.63, 3.8) is 0 Å². The summed E-state index contributed by atoms with van der Waals surface area (Å²) >= 11 is 0. The van der Waals surface area contributed by atoms with Crippen LogP contribution in [0.25, 0.3) is 0 Å². The summed E-state index contributed by atoms with van der Waals surface area (Å²) in [7, 11) is 1.56. The van der Waals surface area contributed by atoms with E-state index in [1.807, 2.05) is 17.7 Å². The zero-order valence-electron chi connectivity index (χ0n) is 9.87. The topological polar surface area (TPSA) is 78.9 Å². The molecule has 6 nitrogen and oxygen atoms in total. The van der Waals surface area contributed by atoms with Crippen LogP contribution in [0.15, 0.2) is 24.7 Å².